The second kappa shape index (κ2) is 6.78. The largest absolute Gasteiger partial charge is 0.381 e. The van der Waals surface area contributed by atoms with Gasteiger partial charge in [0, 0.05) is 19.2 Å². The van der Waals surface area contributed by atoms with E-state index in [4.69, 9.17) is 4.74 Å². The van der Waals surface area contributed by atoms with Gasteiger partial charge in [-0.1, -0.05) is 24.3 Å². The van der Waals surface area contributed by atoms with Crippen LogP contribution in [0.15, 0.2) is 24.3 Å². The van der Waals surface area contributed by atoms with Crippen molar-refractivity contribution in [3.8, 4) is 0 Å². The molecule has 2 aliphatic heterocycles. The quantitative estimate of drug-likeness (QED) is 0.845. The van der Waals surface area contributed by atoms with Gasteiger partial charge < -0.3 is 14.5 Å². The maximum Gasteiger partial charge on any atom is 0.0507 e. The van der Waals surface area contributed by atoms with Crippen molar-refractivity contribution in [2.24, 2.45) is 5.92 Å². The number of rotatable bonds is 3. The molecule has 2 atom stereocenters. The van der Waals surface area contributed by atoms with Gasteiger partial charge in [0.1, 0.15) is 0 Å². The summed E-state index contributed by atoms with van der Waals surface area (Å²) in [5, 5.41) is 0. The minimum Gasteiger partial charge on any atom is -0.381 e. The third-order valence-electron chi connectivity index (χ3n) is 6.76. The molecule has 2 fully saturated rings. The fourth-order valence-corrected chi connectivity index (χ4v) is 5.29. The summed E-state index contributed by atoms with van der Waals surface area (Å²) < 4.78 is 5.56. The van der Waals surface area contributed by atoms with E-state index in [1.807, 2.05) is 0 Å². The molecule has 3 heteroatoms. The van der Waals surface area contributed by atoms with Gasteiger partial charge >= 0.3 is 0 Å². The summed E-state index contributed by atoms with van der Waals surface area (Å²) in [4.78, 5) is 5.10. The van der Waals surface area contributed by atoms with Crippen molar-refractivity contribution in [3.63, 3.8) is 0 Å². The number of fused-ring (bicyclic) bond motifs is 2. The maximum atomic E-state index is 5.56. The number of nitrogens with zero attached hydrogens (tertiary/aromatic N) is 2. The first-order chi connectivity index (χ1) is 11.7. The maximum absolute atomic E-state index is 5.56. The van der Waals surface area contributed by atoms with Crippen LogP contribution >= 0.6 is 0 Å². The van der Waals surface area contributed by atoms with Crippen LogP contribution in [-0.4, -0.2) is 56.7 Å². The van der Waals surface area contributed by atoms with Crippen molar-refractivity contribution in [1.82, 2.24) is 9.80 Å². The molecule has 3 nitrogen and oxygen atoms in total. The standard InChI is InChI=1S/C21H32N2O/c1-22(2)20-7-9-21(19-6-4-3-5-18(19)20)10-12-23(13-11-21)15-17-8-14-24-16-17/h3-6,17,20H,7-16H2,1-2H3. The molecule has 0 radical (unpaired) electrons. The first kappa shape index (κ1) is 16.6. The first-order valence-corrected chi connectivity index (χ1v) is 9.74. The second-order valence-corrected chi connectivity index (χ2v) is 8.42. The third kappa shape index (κ3) is 3.02. The van der Waals surface area contributed by atoms with Gasteiger partial charge in [0.2, 0.25) is 0 Å². The van der Waals surface area contributed by atoms with Gasteiger partial charge in [0.05, 0.1) is 6.61 Å². The molecular weight excluding hydrogens is 296 g/mol. The molecule has 132 valence electrons. The van der Waals surface area contributed by atoms with E-state index in [0.717, 1.165) is 19.1 Å². The average Bonchev–Trinajstić information content (AvgIpc) is 3.10. The Labute approximate surface area is 147 Å². The fraction of sp³-hybridized carbons (Fsp3) is 0.714. The Morgan fingerprint density at radius 2 is 1.92 bits per heavy atom. The molecule has 0 amide bonds. The van der Waals surface area contributed by atoms with Gasteiger partial charge in [-0.25, -0.2) is 0 Å². The predicted octanol–water partition coefficient (Wildman–Crippen LogP) is 3.45. The van der Waals surface area contributed by atoms with Crippen LogP contribution in [0.5, 0.6) is 0 Å². The van der Waals surface area contributed by atoms with E-state index in [0.29, 0.717) is 11.5 Å². The molecular formula is C21H32N2O. The molecule has 0 N–H and O–H groups in total. The van der Waals surface area contributed by atoms with Crippen LogP contribution in [0.2, 0.25) is 0 Å². The third-order valence-corrected chi connectivity index (χ3v) is 6.76. The highest BCUT2D eigenvalue weighted by Crippen LogP contribution is 2.49. The summed E-state index contributed by atoms with van der Waals surface area (Å²) in [5.41, 5.74) is 3.68. The van der Waals surface area contributed by atoms with Crippen molar-refractivity contribution in [2.45, 2.75) is 43.6 Å². The highest BCUT2D eigenvalue weighted by molar-refractivity contribution is 5.39. The van der Waals surface area contributed by atoms with Crippen molar-refractivity contribution in [1.29, 1.82) is 0 Å². The van der Waals surface area contributed by atoms with E-state index >= 15 is 0 Å². The molecule has 0 saturated carbocycles. The van der Waals surface area contributed by atoms with Gasteiger partial charge in [-0.05, 0) is 81.7 Å². The van der Waals surface area contributed by atoms with Crippen LogP contribution in [-0.2, 0) is 10.2 Å². The smallest absolute Gasteiger partial charge is 0.0507 e. The second-order valence-electron chi connectivity index (χ2n) is 8.42. The summed E-state index contributed by atoms with van der Waals surface area (Å²) in [6.45, 7) is 5.73. The van der Waals surface area contributed by atoms with Gasteiger partial charge in [-0.3, -0.25) is 0 Å². The molecule has 2 saturated heterocycles. The number of hydrogen-bond acceptors (Lipinski definition) is 3. The summed E-state index contributed by atoms with van der Waals surface area (Å²) in [7, 11) is 4.46. The van der Waals surface area contributed by atoms with Crippen LogP contribution < -0.4 is 0 Å². The molecule has 0 bridgehead atoms. The highest BCUT2D eigenvalue weighted by atomic mass is 16.5. The molecule has 1 aromatic rings. The molecule has 2 unspecified atom stereocenters. The normalized spacial score (nSPS) is 30.0. The predicted molar refractivity (Wildman–Crippen MR) is 98.4 cm³/mol. The number of ether oxygens (including phenoxy) is 1. The Morgan fingerprint density at radius 1 is 1.12 bits per heavy atom. The Bertz CT molecular complexity index is 557. The SMILES string of the molecule is CN(C)C1CCC2(CCN(CC3CCOC3)CC2)c2ccccc21. The van der Waals surface area contributed by atoms with Crippen LogP contribution in [0.25, 0.3) is 0 Å². The zero-order chi connectivity index (χ0) is 16.6. The summed E-state index contributed by atoms with van der Waals surface area (Å²) >= 11 is 0. The van der Waals surface area contributed by atoms with Crippen molar-refractivity contribution >= 4 is 0 Å². The monoisotopic (exact) mass is 328 g/mol. The lowest BCUT2D eigenvalue weighted by Crippen LogP contribution is -2.46. The Kier molecular flexibility index (Phi) is 4.68. The molecule has 3 aliphatic rings. The van der Waals surface area contributed by atoms with E-state index in [9.17, 15) is 0 Å². The zero-order valence-electron chi connectivity index (χ0n) is 15.3. The molecule has 1 aromatic carbocycles. The molecule has 0 aromatic heterocycles. The van der Waals surface area contributed by atoms with Crippen molar-refractivity contribution < 1.29 is 4.74 Å². The summed E-state index contributed by atoms with van der Waals surface area (Å²) in [6.07, 6.45) is 6.58. The van der Waals surface area contributed by atoms with Crippen LogP contribution in [0.4, 0.5) is 0 Å². The Morgan fingerprint density at radius 3 is 2.62 bits per heavy atom. The summed E-state index contributed by atoms with van der Waals surface area (Å²) in [5.74, 6) is 0.774. The number of likely N-dealkylation sites (tertiary alicyclic amines) is 1. The molecule has 2 heterocycles. The van der Waals surface area contributed by atoms with Gasteiger partial charge in [-0.15, -0.1) is 0 Å². The molecule has 4 rings (SSSR count). The molecule has 24 heavy (non-hydrogen) atoms. The Hall–Kier alpha value is -0.900. The van der Waals surface area contributed by atoms with E-state index in [-0.39, 0.29) is 0 Å². The first-order valence-electron chi connectivity index (χ1n) is 9.74. The molecule has 1 aliphatic carbocycles. The lowest BCUT2D eigenvalue weighted by Gasteiger charge is -2.48. The van der Waals surface area contributed by atoms with Gasteiger partial charge in [0.25, 0.3) is 0 Å². The Balaban J connectivity index is 1.49. The van der Waals surface area contributed by atoms with Gasteiger partial charge in [0.15, 0.2) is 0 Å². The van der Waals surface area contributed by atoms with E-state index in [1.165, 1.54) is 51.7 Å². The molecule has 1 spiro atoms. The van der Waals surface area contributed by atoms with Crippen LogP contribution in [0, 0.1) is 5.92 Å². The fourth-order valence-electron chi connectivity index (χ4n) is 5.29. The van der Waals surface area contributed by atoms with Crippen LogP contribution in [0.3, 0.4) is 0 Å². The number of piperidine rings is 1. The highest BCUT2D eigenvalue weighted by Gasteiger charge is 2.42. The van der Waals surface area contributed by atoms with Crippen LogP contribution in [0.1, 0.15) is 49.3 Å². The minimum absolute atomic E-state index is 0.436. The van der Waals surface area contributed by atoms with E-state index in [1.54, 1.807) is 11.1 Å². The van der Waals surface area contributed by atoms with Gasteiger partial charge in [-0.2, -0.15) is 0 Å². The number of hydrogen-bond donors (Lipinski definition) is 0. The topological polar surface area (TPSA) is 15.7 Å². The summed E-state index contributed by atoms with van der Waals surface area (Å²) in [6, 6.07) is 9.87. The van der Waals surface area contributed by atoms with E-state index < -0.39 is 0 Å². The van der Waals surface area contributed by atoms with Crippen molar-refractivity contribution in [3.05, 3.63) is 35.4 Å². The minimum atomic E-state index is 0.436. The average molecular weight is 328 g/mol. The zero-order valence-corrected chi connectivity index (χ0v) is 15.3. The van der Waals surface area contributed by atoms with E-state index in [2.05, 4.69) is 48.2 Å². The number of benzene rings is 1. The lowest BCUT2D eigenvalue weighted by atomic mass is 9.63. The lowest BCUT2D eigenvalue weighted by molar-refractivity contribution is 0.108. The van der Waals surface area contributed by atoms with Crippen molar-refractivity contribution in [2.75, 3.05) is 46.9 Å².